The number of hydrogen-bond donors (Lipinski definition) is 0. The molecule has 0 bridgehead atoms. The number of ether oxygens (including phenoxy) is 2. The first-order valence-corrected chi connectivity index (χ1v) is 5.34. The number of esters is 2. The number of carbonyl (C=O) groups is 2. The fraction of sp³-hybridized carbons (Fsp3) is 0.308. The number of carbonyl (C=O) groups excluding carboxylic acids is 2. The van der Waals surface area contributed by atoms with Crippen molar-refractivity contribution < 1.29 is 19.1 Å². The molecule has 1 unspecified atom stereocenters. The van der Waals surface area contributed by atoms with E-state index in [1.807, 2.05) is 6.07 Å². The van der Waals surface area contributed by atoms with E-state index in [2.05, 4.69) is 9.47 Å². The maximum Gasteiger partial charge on any atom is 0.313 e. The highest BCUT2D eigenvalue weighted by Crippen LogP contribution is 2.21. The summed E-state index contributed by atoms with van der Waals surface area (Å²) in [5.74, 6) is -1.81. The molecule has 0 heterocycles. The molecule has 0 amide bonds. The average molecular weight is 247 g/mol. The van der Waals surface area contributed by atoms with Crippen LogP contribution in [0.4, 0.5) is 0 Å². The molecule has 1 aromatic carbocycles. The highest BCUT2D eigenvalue weighted by Gasteiger charge is 2.25. The number of benzene rings is 1. The molecule has 0 radical (unpaired) electrons. The van der Waals surface area contributed by atoms with Gasteiger partial charge in [0.05, 0.1) is 19.4 Å². The molecule has 1 rings (SSSR count). The van der Waals surface area contributed by atoms with E-state index in [0.29, 0.717) is 5.56 Å². The number of methoxy groups -OCH3 is 1. The van der Waals surface area contributed by atoms with E-state index in [-0.39, 0.29) is 13.0 Å². The monoisotopic (exact) mass is 247 g/mol. The molecule has 0 aromatic heterocycles. The van der Waals surface area contributed by atoms with Crippen molar-refractivity contribution in [2.45, 2.75) is 12.3 Å². The topological polar surface area (TPSA) is 76.4 Å². The van der Waals surface area contributed by atoms with Gasteiger partial charge in [0.25, 0.3) is 0 Å². The van der Waals surface area contributed by atoms with E-state index < -0.39 is 17.9 Å². The maximum atomic E-state index is 11.6. The molecule has 0 aliphatic carbocycles. The lowest BCUT2D eigenvalue weighted by Crippen LogP contribution is -2.19. The van der Waals surface area contributed by atoms with Crippen molar-refractivity contribution >= 4 is 11.9 Å². The largest absolute Gasteiger partial charge is 0.469 e. The smallest absolute Gasteiger partial charge is 0.313 e. The Bertz CT molecular complexity index is 450. The minimum atomic E-state index is -0.706. The Labute approximate surface area is 105 Å². The zero-order valence-electron chi connectivity index (χ0n) is 9.96. The summed E-state index contributed by atoms with van der Waals surface area (Å²) < 4.78 is 9.29. The van der Waals surface area contributed by atoms with Gasteiger partial charge >= 0.3 is 11.9 Å². The lowest BCUT2D eigenvalue weighted by Gasteiger charge is -2.13. The first-order chi connectivity index (χ1) is 8.69. The first-order valence-electron chi connectivity index (χ1n) is 5.34. The van der Waals surface area contributed by atoms with Crippen molar-refractivity contribution in [1.29, 1.82) is 5.26 Å². The normalized spacial score (nSPS) is 11.1. The van der Waals surface area contributed by atoms with Crippen molar-refractivity contribution in [3.05, 3.63) is 35.9 Å². The van der Waals surface area contributed by atoms with Gasteiger partial charge < -0.3 is 9.47 Å². The van der Waals surface area contributed by atoms with Crippen LogP contribution in [0.2, 0.25) is 0 Å². The van der Waals surface area contributed by atoms with Crippen LogP contribution in [0, 0.1) is 11.3 Å². The van der Waals surface area contributed by atoms with Gasteiger partial charge in [-0.3, -0.25) is 9.59 Å². The highest BCUT2D eigenvalue weighted by atomic mass is 16.5. The van der Waals surface area contributed by atoms with Gasteiger partial charge in [-0.25, -0.2) is 0 Å². The van der Waals surface area contributed by atoms with Gasteiger partial charge in [-0.05, 0) is 5.56 Å². The molecule has 0 saturated carbocycles. The van der Waals surface area contributed by atoms with Gasteiger partial charge in [-0.1, -0.05) is 30.3 Å². The molecule has 0 spiro atoms. The zero-order chi connectivity index (χ0) is 13.4. The van der Waals surface area contributed by atoms with Gasteiger partial charge in [0.2, 0.25) is 0 Å². The van der Waals surface area contributed by atoms with E-state index in [4.69, 9.17) is 5.26 Å². The Kier molecular flexibility index (Phi) is 5.39. The van der Waals surface area contributed by atoms with E-state index in [1.54, 1.807) is 30.3 Å². The predicted octanol–water partition coefficient (Wildman–Crippen LogP) is 1.40. The molecule has 5 nitrogen and oxygen atoms in total. The van der Waals surface area contributed by atoms with E-state index in [0.717, 1.165) is 0 Å². The SMILES string of the molecule is COC(=O)C(CC(=O)OCC#N)c1ccccc1. The molecule has 0 aliphatic rings. The van der Waals surface area contributed by atoms with Crippen LogP contribution in [0.1, 0.15) is 17.9 Å². The van der Waals surface area contributed by atoms with Crippen molar-refractivity contribution in [3.8, 4) is 6.07 Å². The van der Waals surface area contributed by atoms with Crippen LogP contribution in [0.3, 0.4) is 0 Å². The summed E-state index contributed by atoms with van der Waals surface area (Å²) in [6, 6.07) is 10.5. The Morgan fingerprint density at radius 3 is 2.56 bits per heavy atom. The van der Waals surface area contributed by atoms with Crippen molar-refractivity contribution in [3.63, 3.8) is 0 Å². The second-order valence-electron chi connectivity index (χ2n) is 3.51. The lowest BCUT2D eigenvalue weighted by molar-refractivity contribution is -0.149. The Balaban J connectivity index is 2.78. The third kappa shape index (κ3) is 3.91. The molecular formula is C13H13NO4. The summed E-state index contributed by atoms with van der Waals surface area (Å²) in [5.41, 5.74) is 0.679. The standard InChI is InChI=1S/C13H13NO4/c1-17-13(16)11(9-12(15)18-8-7-14)10-5-3-2-4-6-10/h2-6,11H,8-9H2,1H3. The molecule has 1 atom stereocenters. The van der Waals surface area contributed by atoms with Crippen LogP contribution in [-0.2, 0) is 19.1 Å². The number of hydrogen-bond acceptors (Lipinski definition) is 5. The van der Waals surface area contributed by atoms with Gasteiger partial charge in [0, 0.05) is 0 Å². The molecule has 5 heteroatoms. The Morgan fingerprint density at radius 1 is 1.33 bits per heavy atom. The van der Waals surface area contributed by atoms with Crippen LogP contribution in [0.5, 0.6) is 0 Å². The van der Waals surface area contributed by atoms with Gasteiger partial charge in [-0.15, -0.1) is 0 Å². The van der Waals surface area contributed by atoms with Gasteiger partial charge in [0.15, 0.2) is 6.61 Å². The maximum absolute atomic E-state index is 11.6. The molecule has 0 fully saturated rings. The number of nitriles is 1. The minimum absolute atomic E-state index is 0.141. The fourth-order valence-corrected chi connectivity index (χ4v) is 1.50. The van der Waals surface area contributed by atoms with Crippen molar-refractivity contribution in [2.75, 3.05) is 13.7 Å². The van der Waals surface area contributed by atoms with E-state index in [1.165, 1.54) is 7.11 Å². The second kappa shape index (κ2) is 7.07. The molecular weight excluding hydrogens is 234 g/mol. The van der Waals surface area contributed by atoms with Crippen LogP contribution in [0.25, 0.3) is 0 Å². The van der Waals surface area contributed by atoms with Crippen LogP contribution in [0.15, 0.2) is 30.3 Å². The lowest BCUT2D eigenvalue weighted by atomic mass is 9.96. The molecule has 18 heavy (non-hydrogen) atoms. The minimum Gasteiger partial charge on any atom is -0.469 e. The summed E-state index contributed by atoms with van der Waals surface area (Å²) >= 11 is 0. The molecule has 0 aliphatic heterocycles. The van der Waals surface area contributed by atoms with Gasteiger partial charge in [-0.2, -0.15) is 5.26 Å². The molecule has 1 aromatic rings. The van der Waals surface area contributed by atoms with Crippen molar-refractivity contribution in [1.82, 2.24) is 0 Å². The summed E-state index contributed by atoms with van der Waals surface area (Å²) in [4.78, 5) is 23.1. The summed E-state index contributed by atoms with van der Waals surface area (Å²) in [5, 5.41) is 8.30. The second-order valence-corrected chi connectivity index (χ2v) is 3.51. The van der Waals surface area contributed by atoms with E-state index >= 15 is 0 Å². The fourth-order valence-electron chi connectivity index (χ4n) is 1.50. The third-order valence-electron chi connectivity index (χ3n) is 2.36. The summed E-state index contributed by atoms with van der Waals surface area (Å²) in [6.45, 7) is -0.318. The summed E-state index contributed by atoms with van der Waals surface area (Å²) in [6.07, 6.45) is -0.141. The highest BCUT2D eigenvalue weighted by molar-refractivity contribution is 5.84. The van der Waals surface area contributed by atoms with Crippen molar-refractivity contribution in [2.24, 2.45) is 0 Å². The number of nitrogens with zero attached hydrogens (tertiary/aromatic N) is 1. The Hall–Kier alpha value is -2.35. The molecule has 94 valence electrons. The molecule has 0 N–H and O–H groups in total. The summed E-state index contributed by atoms with van der Waals surface area (Å²) in [7, 11) is 1.26. The van der Waals surface area contributed by atoms with Crippen LogP contribution < -0.4 is 0 Å². The Morgan fingerprint density at radius 2 is 2.00 bits per heavy atom. The van der Waals surface area contributed by atoms with E-state index in [9.17, 15) is 9.59 Å². The van der Waals surface area contributed by atoms with Crippen LogP contribution in [-0.4, -0.2) is 25.7 Å². The molecule has 0 saturated heterocycles. The zero-order valence-corrected chi connectivity index (χ0v) is 9.96. The predicted molar refractivity (Wildman–Crippen MR) is 62.4 cm³/mol. The number of rotatable bonds is 5. The average Bonchev–Trinajstić information content (AvgIpc) is 2.42. The van der Waals surface area contributed by atoms with Gasteiger partial charge in [0.1, 0.15) is 6.07 Å². The first kappa shape index (κ1) is 13.7. The van der Waals surface area contributed by atoms with Crippen LogP contribution >= 0.6 is 0 Å². The third-order valence-corrected chi connectivity index (χ3v) is 2.36. The quantitative estimate of drug-likeness (QED) is 0.735.